The highest BCUT2D eigenvalue weighted by Gasteiger charge is 2.33. The molecule has 0 saturated heterocycles. The van der Waals surface area contributed by atoms with Gasteiger partial charge in [0.1, 0.15) is 5.75 Å². The number of fused-ring (bicyclic) bond motifs is 1. The van der Waals surface area contributed by atoms with E-state index in [1.54, 1.807) is 51.3 Å². The number of esters is 1. The Morgan fingerprint density at radius 1 is 1.23 bits per heavy atom. The molecule has 1 aliphatic heterocycles. The lowest BCUT2D eigenvalue weighted by atomic mass is 9.96. The minimum atomic E-state index is -0.732. The van der Waals surface area contributed by atoms with Crippen molar-refractivity contribution in [2.75, 3.05) is 20.8 Å². The molecule has 3 aromatic rings. The molecular formula is C25H23BrN2O6S. The summed E-state index contributed by atoms with van der Waals surface area (Å²) < 4.78 is 18.3. The molecule has 0 spiro atoms. The van der Waals surface area contributed by atoms with Crippen LogP contribution < -0.4 is 24.4 Å². The van der Waals surface area contributed by atoms with E-state index in [1.807, 2.05) is 12.1 Å². The fraction of sp³-hybridized carbons (Fsp3) is 0.240. The van der Waals surface area contributed by atoms with E-state index in [0.717, 1.165) is 0 Å². The minimum Gasteiger partial charge on any atom is -0.504 e. The van der Waals surface area contributed by atoms with Crippen LogP contribution in [0.3, 0.4) is 0 Å². The van der Waals surface area contributed by atoms with Gasteiger partial charge < -0.3 is 19.3 Å². The number of nitrogens with zero attached hydrogens (tertiary/aromatic N) is 2. The second-order valence-electron chi connectivity index (χ2n) is 7.62. The van der Waals surface area contributed by atoms with Crippen LogP contribution in [0.15, 0.2) is 61.9 Å². The highest BCUT2D eigenvalue weighted by molar-refractivity contribution is 9.10. The standard InChI is InChI=1S/C25H23BrN2O6S/c1-5-34-24(31)20-13(2)27-25-28(21(20)14-6-8-17(32-3)9-7-14)23(30)19(35-25)11-15-10-16(26)12-18(33-4)22(15)29/h6-12,21,29H,5H2,1-4H3/b19-11-. The fourth-order valence-corrected chi connectivity index (χ4v) is 5.39. The molecule has 35 heavy (non-hydrogen) atoms. The number of rotatable bonds is 6. The highest BCUT2D eigenvalue weighted by atomic mass is 79.9. The Morgan fingerprint density at radius 3 is 2.57 bits per heavy atom. The molecule has 0 aliphatic carbocycles. The predicted molar refractivity (Wildman–Crippen MR) is 136 cm³/mol. The maximum Gasteiger partial charge on any atom is 0.338 e. The van der Waals surface area contributed by atoms with Gasteiger partial charge in [-0.2, -0.15) is 0 Å². The van der Waals surface area contributed by atoms with Crippen molar-refractivity contribution in [2.24, 2.45) is 4.99 Å². The summed E-state index contributed by atoms with van der Waals surface area (Å²) in [6.45, 7) is 3.65. The predicted octanol–water partition coefficient (Wildman–Crippen LogP) is 3.28. The average molecular weight is 559 g/mol. The van der Waals surface area contributed by atoms with E-state index in [-0.39, 0.29) is 23.7 Å². The van der Waals surface area contributed by atoms with E-state index in [1.165, 1.54) is 23.0 Å². The van der Waals surface area contributed by atoms with Crippen molar-refractivity contribution in [1.82, 2.24) is 4.57 Å². The summed E-state index contributed by atoms with van der Waals surface area (Å²) in [7, 11) is 3.02. The molecule has 0 radical (unpaired) electrons. The Morgan fingerprint density at radius 2 is 1.94 bits per heavy atom. The first-order valence-electron chi connectivity index (χ1n) is 10.7. The fourth-order valence-electron chi connectivity index (χ4n) is 3.89. The number of thiazole rings is 1. The molecule has 1 unspecified atom stereocenters. The van der Waals surface area contributed by atoms with Crippen molar-refractivity contribution in [3.63, 3.8) is 0 Å². The number of carbonyl (C=O) groups excluding carboxylic acids is 1. The molecule has 0 fully saturated rings. The number of allylic oxidation sites excluding steroid dienone is 1. The van der Waals surface area contributed by atoms with Crippen molar-refractivity contribution in [1.29, 1.82) is 0 Å². The number of carbonyl (C=O) groups is 1. The first-order chi connectivity index (χ1) is 16.8. The van der Waals surface area contributed by atoms with E-state index in [9.17, 15) is 14.7 Å². The summed E-state index contributed by atoms with van der Waals surface area (Å²) in [4.78, 5) is 31.6. The number of methoxy groups -OCH3 is 2. The summed E-state index contributed by atoms with van der Waals surface area (Å²) in [6, 6.07) is 9.75. The third-order valence-corrected chi connectivity index (χ3v) is 6.97. The third kappa shape index (κ3) is 4.63. The van der Waals surface area contributed by atoms with Crippen LogP contribution in [-0.2, 0) is 9.53 Å². The van der Waals surface area contributed by atoms with E-state index in [2.05, 4.69) is 20.9 Å². The smallest absolute Gasteiger partial charge is 0.338 e. The number of hydrogen-bond donors (Lipinski definition) is 1. The Hall–Kier alpha value is -3.37. The van der Waals surface area contributed by atoms with Gasteiger partial charge in [0.15, 0.2) is 16.3 Å². The van der Waals surface area contributed by atoms with Gasteiger partial charge in [0.05, 0.1) is 42.7 Å². The van der Waals surface area contributed by atoms with Crippen molar-refractivity contribution < 1.29 is 24.1 Å². The molecular weight excluding hydrogens is 536 g/mol. The molecule has 4 rings (SSSR count). The lowest BCUT2D eigenvalue weighted by Crippen LogP contribution is -2.39. The Bertz CT molecular complexity index is 1500. The molecule has 0 amide bonds. The topological polar surface area (TPSA) is 99.4 Å². The number of ether oxygens (including phenoxy) is 3. The molecule has 2 heterocycles. The van der Waals surface area contributed by atoms with Crippen molar-refractivity contribution in [2.45, 2.75) is 19.9 Å². The maximum atomic E-state index is 13.7. The van der Waals surface area contributed by atoms with Crippen LogP contribution in [0.5, 0.6) is 17.2 Å². The minimum absolute atomic E-state index is 0.0865. The first kappa shape index (κ1) is 24.7. The van der Waals surface area contributed by atoms with E-state index < -0.39 is 12.0 Å². The second-order valence-corrected chi connectivity index (χ2v) is 9.55. The van der Waals surface area contributed by atoms with Gasteiger partial charge in [-0.15, -0.1) is 0 Å². The monoisotopic (exact) mass is 558 g/mol. The molecule has 0 saturated carbocycles. The number of phenolic OH excluding ortho intramolecular Hbond substituents is 1. The maximum absolute atomic E-state index is 13.7. The van der Waals surface area contributed by atoms with Gasteiger partial charge in [-0.25, -0.2) is 9.79 Å². The summed E-state index contributed by atoms with van der Waals surface area (Å²) in [5, 5.41) is 10.6. The number of halogens is 1. The lowest BCUT2D eigenvalue weighted by Gasteiger charge is -2.24. The zero-order valence-corrected chi connectivity index (χ0v) is 21.9. The van der Waals surface area contributed by atoms with Crippen LogP contribution in [0.2, 0.25) is 0 Å². The van der Waals surface area contributed by atoms with Crippen LogP contribution in [0.4, 0.5) is 0 Å². The van der Waals surface area contributed by atoms with Crippen LogP contribution in [0.25, 0.3) is 6.08 Å². The molecule has 2 aromatic carbocycles. The van der Waals surface area contributed by atoms with Gasteiger partial charge in [0.25, 0.3) is 5.56 Å². The van der Waals surface area contributed by atoms with Crippen LogP contribution >= 0.6 is 27.3 Å². The number of hydrogen-bond acceptors (Lipinski definition) is 8. The highest BCUT2D eigenvalue weighted by Crippen LogP contribution is 2.34. The number of aromatic nitrogens is 1. The number of benzene rings is 2. The van der Waals surface area contributed by atoms with Gasteiger partial charge in [-0.05, 0) is 49.8 Å². The molecule has 1 N–H and O–H groups in total. The van der Waals surface area contributed by atoms with Crippen LogP contribution in [0, 0.1) is 0 Å². The molecule has 8 nitrogen and oxygen atoms in total. The number of phenols is 1. The Labute approximate surface area is 213 Å². The van der Waals surface area contributed by atoms with Crippen LogP contribution in [0.1, 0.15) is 31.0 Å². The molecule has 1 atom stereocenters. The van der Waals surface area contributed by atoms with Crippen molar-refractivity contribution in [3.8, 4) is 17.2 Å². The van der Waals surface area contributed by atoms with Gasteiger partial charge >= 0.3 is 5.97 Å². The van der Waals surface area contributed by atoms with E-state index >= 15 is 0 Å². The summed E-state index contributed by atoms with van der Waals surface area (Å²) in [6.07, 6.45) is 1.58. The quantitative estimate of drug-likeness (QED) is 0.466. The SMILES string of the molecule is CCOC(=O)C1=C(C)N=c2s/c(=C\c3cc(Br)cc(OC)c3O)c(=O)n2C1c1ccc(OC)cc1. The third-order valence-electron chi connectivity index (χ3n) is 5.52. The molecule has 10 heteroatoms. The first-order valence-corrected chi connectivity index (χ1v) is 12.3. The molecule has 0 bridgehead atoms. The Balaban J connectivity index is 1.96. The summed E-state index contributed by atoms with van der Waals surface area (Å²) in [5.41, 5.74) is 1.54. The molecule has 182 valence electrons. The summed E-state index contributed by atoms with van der Waals surface area (Å²) in [5.74, 6) is 0.309. The second kappa shape index (κ2) is 10.1. The zero-order valence-electron chi connectivity index (χ0n) is 19.5. The zero-order chi connectivity index (χ0) is 25.3. The molecule has 1 aromatic heterocycles. The molecule has 1 aliphatic rings. The van der Waals surface area contributed by atoms with Gasteiger partial charge in [0, 0.05) is 10.0 Å². The van der Waals surface area contributed by atoms with Crippen molar-refractivity contribution >= 4 is 39.3 Å². The van der Waals surface area contributed by atoms with E-state index in [0.29, 0.717) is 42.0 Å². The van der Waals surface area contributed by atoms with Gasteiger partial charge in [-0.1, -0.05) is 39.4 Å². The number of aromatic hydroxyl groups is 1. The lowest BCUT2D eigenvalue weighted by molar-refractivity contribution is -0.139. The average Bonchev–Trinajstić information content (AvgIpc) is 3.14. The largest absolute Gasteiger partial charge is 0.504 e. The van der Waals surface area contributed by atoms with Gasteiger partial charge in [-0.3, -0.25) is 9.36 Å². The normalized spacial score (nSPS) is 15.5. The van der Waals surface area contributed by atoms with Crippen LogP contribution in [-0.4, -0.2) is 36.5 Å². The van der Waals surface area contributed by atoms with E-state index in [4.69, 9.17) is 14.2 Å². The van der Waals surface area contributed by atoms with Gasteiger partial charge in [0.2, 0.25) is 0 Å². The summed E-state index contributed by atoms with van der Waals surface area (Å²) >= 11 is 4.57. The Kier molecular flexibility index (Phi) is 7.13. The van der Waals surface area contributed by atoms with Crippen molar-refractivity contribution in [3.05, 3.63) is 83.0 Å².